The van der Waals surface area contributed by atoms with E-state index in [0.717, 1.165) is 11.1 Å². The molecule has 2 N–H and O–H groups in total. The van der Waals surface area contributed by atoms with Gasteiger partial charge in [-0.05, 0) is 60.4 Å². The van der Waals surface area contributed by atoms with Crippen molar-refractivity contribution in [2.45, 2.75) is 30.2 Å². The molecular weight excluding hydrogens is 606 g/mol. The summed E-state index contributed by atoms with van der Waals surface area (Å²) in [7, 11) is -3.95. The number of nitrogens with zero attached hydrogens (tertiary/aromatic N) is 1. The minimum atomic E-state index is -3.95. The van der Waals surface area contributed by atoms with Gasteiger partial charge in [-0.2, -0.15) is 4.31 Å². The van der Waals surface area contributed by atoms with Crippen molar-refractivity contribution in [2.75, 3.05) is 13.1 Å². The van der Waals surface area contributed by atoms with Crippen molar-refractivity contribution in [3.8, 4) is 11.1 Å². The van der Waals surface area contributed by atoms with Crippen LogP contribution in [0.1, 0.15) is 18.4 Å². The molecule has 1 aliphatic heterocycles. The minimum absolute atomic E-state index is 0.0420. The van der Waals surface area contributed by atoms with Crippen LogP contribution in [0, 0.1) is 5.92 Å². The van der Waals surface area contributed by atoms with Crippen LogP contribution in [-0.4, -0.2) is 48.8 Å². The number of hydrogen-bond donors (Lipinski definition) is 2. The zero-order valence-corrected chi connectivity index (χ0v) is 24.3. The molecule has 206 valence electrons. The minimum Gasteiger partial charge on any atom is -0.480 e. The number of hydrogen-bond acceptors (Lipinski definition) is 4. The number of carboxylic acid groups (broad SMARTS) is 1. The molecule has 1 unspecified atom stereocenters. The number of carbonyl (C=O) groups is 2. The molecule has 4 rings (SSSR count). The van der Waals surface area contributed by atoms with Gasteiger partial charge in [-0.15, -0.1) is 0 Å². The molecule has 0 aliphatic carbocycles. The molecule has 1 amide bonds. The first kappa shape index (κ1) is 29.6. The number of halogens is 4. The van der Waals surface area contributed by atoms with E-state index >= 15 is 0 Å². The molecule has 1 saturated heterocycles. The lowest BCUT2D eigenvalue weighted by atomic mass is 9.97. The molecule has 0 radical (unpaired) electrons. The number of aliphatic carboxylic acids is 1. The Morgan fingerprint density at radius 2 is 1.62 bits per heavy atom. The highest BCUT2D eigenvalue weighted by Gasteiger charge is 2.35. The third-order valence-corrected chi connectivity index (χ3v) is 9.32. The van der Waals surface area contributed by atoms with Gasteiger partial charge in [0.25, 0.3) is 0 Å². The van der Waals surface area contributed by atoms with Gasteiger partial charge in [0, 0.05) is 45.2 Å². The second-order valence-electron chi connectivity index (χ2n) is 9.23. The molecule has 0 saturated carbocycles. The quantitative estimate of drug-likeness (QED) is 0.310. The molecule has 2 atom stereocenters. The highest BCUT2D eigenvalue weighted by Crippen LogP contribution is 2.31. The lowest BCUT2D eigenvalue weighted by molar-refractivity contribution is -0.142. The Hall–Kier alpha value is -2.33. The Bertz CT molecular complexity index is 1480. The molecule has 1 aliphatic rings. The summed E-state index contributed by atoms with van der Waals surface area (Å²) in [6, 6.07) is 15.1. The first-order valence-electron chi connectivity index (χ1n) is 12.0. The third kappa shape index (κ3) is 7.25. The number of amides is 1. The van der Waals surface area contributed by atoms with Crippen molar-refractivity contribution in [1.29, 1.82) is 0 Å². The second-order valence-corrected chi connectivity index (χ2v) is 12.9. The van der Waals surface area contributed by atoms with Crippen molar-refractivity contribution in [1.82, 2.24) is 9.62 Å². The number of nitrogens with one attached hydrogen (secondary N) is 1. The fourth-order valence-electron chi connectivity index (χ4n) is 4.47. The Labute approximate surface area is 246 Å². The largest absolute Gasteiger partial charge is 0.480 e. The van der Waals surface area contributed by atoms with Crippen LogP contribution in [0.15, 0.2) is 65.6 Å². The Balaban J connectivity index is 1.44. The van der Waals surface area contributed by atoms with E-state index in [1.807, 2.05) is 0 Å². The maximum absolute atomic E-state index is 13.2. The molecule has 7 nitrogen and oxygen atoms in total. The number of piperidine rings is 1. The summed E-state index contributed by atoms with van der Waals surface area (Å²) in [4.78, 5) is 25.0. The van der Waals surface area contributed by atoms with E-state index in [-0.39, 0.29) is 34.5 Å². The van der Waals surface area contributed by atoms with Gasteiger partial charge in [-0.25, -0.2) is 13.2 Å². The molecular formula is C27H24Cl4N2O5S. The average molecular weight is 630 g/mol. The summed E-state index contributed by atoms with van der Waals surface area (Å²) in [5.41, 5.74) is 2.25. The first-order chi connectivity index (χ1) is 18.4. The standard InChI is InChI=1S/C27H24Cl4N2O5S/c28-19-7-8-24(31)23(14-19)17-5-3-16(4-6-17)10-25(27(35)36)32-26(34)18-2-1-9-33(15-18)39(37,38)22-12-20(29)11-21(30)13-22/h3-8,11-14,18,25H,1-2,9-10,15H2,(H,32,34)(H,35,36)/t18?,25-/m0/s1. The molecule has 3 aromatic rings. The van der Waals surface area contributed by atoms with Crippen molar-refractivity contribution in [3.63, 3.8) is 0 Å². The number of carboxylic acids is 1. The van der Waals surface area contributed by atoms with Crippen molar-refractivity contribution < 1.29 is 23.1 Å². The summed E-state index contributed by atoms with van der Waals surface area (Å²) in [6.07, 6.45) is 0.910. The van der Waals surface area contributed by atoms with Crippen molar-refractivity contribution in [3.05, 3.63) is 86.3 Å². The second kappa shape index (κ2) is 12.5. The fraction of sp³-hybridized carbons (Fsp3) is 0.259. The van der Waals surface area contributed by atoms with E-state index < -0.39 is 33.9 Å². The van der Waals surface area contributed by atoms with Gasteiger partial charge in [0.1, 0.15) is 6.04 Å². The van der Waals surface area contributed by atoms with Crippen LogP contribution in [-0.2, 0) is 26.0 Å². The molecule has 0 aromatic heterocycles. The van der Waals surface area contributed by atoms with Crippen LogP contribution in [0.5, 0.6) is 0 Å². The van der Waals surface area contributed by atoms with E-state index in [2.05, 4.69) is 5.32 Å². The Kier molecular flexibility index (Phi) is 9.47. The maximum Gasteiger partial charge on any atom is 0.326 e. The summed E-state index contributed by atoms with van der Waals surface area (Å²) >= 11 is 24.3. The van der Waals surface area contributed by atoms with Crippen LogP contribution >= 0.6 is 46.4 Å². The number of benzene rings is 3. The summed E-state index contributed by atoms with van der Waals surface area (Å²) < 4.78 is 27.5. The Morgan fingerprint density at radius 3 is 2.26 bits per heavy atom. The summed E-state index contributed by atoms with van der Waals surface area (Å²) in [6.45, 7) is 0.140. The monoisotopic (exact) mass is 628 g/mol. The fourth-order valence-corrected chi connectivity index (χ4v) is 7.12. The van der Waals surface area contributed by atoms with E-state index in [9.17, 15) is 23.1 Å². The van der Waals surface area contributed by atoms with E-state index in [4.69, 9.17) is 46.4 Å². The molecule has 1 heterocycles. The Morgan fingerprint density at radius 1 is 0.949 bits per heavy atom. The third-order valence-electron chi connectivity index (χ3n) is 6.48. The van der Waals surface area contributed by atoms with Crippen LogP contribution in [0.4, 0.5) is 0 Å². The smallest absolute Gasteiger partial charge is 0.326 e. The van der Waals surface area contributed by atoms with E-state index in [0.29, 0.717) is 28.5 Å². The van der Waals surface area contributed by atoms with Gasteiger partial charge in [0.2, 0.25) is 15.9 Å². The molecule has 3 aromatic carbocycles. The predicted molar refractivity (Wildman–Crippen MR) is 153 cm³/mol. The van der Waals surface area contributed by atoms with Gasteiger partial charge in [-0.3, -0.25) is 4.79 Å². The van der Waals surface area contributed by atoms with E-state index in [1.165, 1.54) is 22.5 Å². The SMILES string of the molecule is O=C(N[C@@H](Cc1ccc(-c2cc(Cl)ccc2Cl)cc1)C(=O)O)C1CCCN(S(=O)(=O)c2cc(Cl)cc(Cl)c2)C1. The van der Waals surface area contributed by atoms with Crippen LogP contribution in [0.3, 0.4) is 0 Å². The van der Waals surface area contributed by atoms with Gasteiger partial charge in [0.05, 0.1) is 10.8 Å². The van der Waals surface area contributed by atoms with Gasteiger partial charge < -0.3 is 10.4 Å². The molecule has 12 heteroatoms. The molecule has 0 bridgehead atoms. The van der Waals surface area contributed by atoms with Gasteiger partial charge in [0.15, 0.2) is 0 Å². The summed E-state index contributed by atoms with van der Waals surface area (Å²) in [5, 5.41) is 13.8. The van der Waals surface area contributed by atoms with Crippen LogP contribution in [0.2, 0.25) is 20.1 Å². The predicted octanol–water partition coefficient (Wildman–Crippen LogP) is 6.18. The molecule has 1 fully saturated rings. The lowest BCUT2D eigenvalue weighted by Gasteiger charge is -2.32. The van der Waals surface area contributed by atoms with Crippen LogP contribution < -0.4 is 5.32 Å². The van der Waals surface area contributed by atoms with E-state index in [1.54, 1.807) is 42.5 Å². The molecule has 0 spiro atoms. The van der Waals surface area contributed by atoms with Crippen LogP contribution in [0.25, 0.3) is 11.1 Å². The zero-order valence-electron chi connectivity index (χ0n) is 20.4. The van der Waals surface area contributed by atoms with Gasteiger partial charge in [-0.1, -0.05) is 70.7 Å². The normalized spacial score (nSPS) is 17.0. The number of rotatable bonds is 8. The average Bonchev–Trinajstić information content (AvgIpc) is 2.89. The maximum atomic E-state index is 13.2. The highest BCUT2D eigenvalue weighted by atomic mass is 35.5. The van der Waals surface area contributed by atoms with Crippen molar-refractivity contribution in [2.24, 2.45) is 5.92 Å². The van der Waals surface area contributed by atoms with Crippen molar-refractivity contribution >= 4 is 68.3 Å². The highest BCUT2D eigenvalue weighted by molar-refractivity contribution is 7.89. The first-order valence-corrected chi connectivity index (χ1v) is 14.9. The zero-order chi connectivity index (χ0) is 28.3. The topological polar surface area (TPSA) is 104 Å². The lowest BCUT2D eigenvalue weighted by Crippen LogP contribution is -2.50. The van der Waals surface area contributed by atoms with Gasteiger partial charge >= 0.3 is 5.97 Å². The molecule has 39 heavy (non-hydrogen) atoms. The number of sulfonamides is 1. The number of carbonyl (C=O) groups excluding carboxylic acids is 1. The summed E-state index contributed by atoms with van der Waals surface area (Å²) in [5.74, 6) is -2.43.